The van der Waals surface area contributed by atoms with Gasteiger partial charge in [0.2, 0.25) is 0 Å². The third-order valence-corrected chi connectivity index (χ3v) is 0.359. The van der Waals surface area contributed by atoms with Crippen molar-refractivity contribution in [1.29, 1.82) is 0 Å². The molecule has 0 atom stereocenters. The lowest BCUT2D eigenvalue weighted by molar-refractivity contribution is 0.632. The molecule has 0 fully saturated rings. The zero-order valence-electron chi connectivity index (χ0n) is 2.97. The van der Waals surface area contributed by atoms with E-state index in [1.165, 1.54) is 6.08 Å². The molecule has 3 heteroatoms. The van der Waals surface area contributed by atoms with Crippen LogP contribution < -0.4 is 11.0 Å². The second kappa shape index (κ2) is 1.45. The maximum atomic E-state index is 3.32. The van der Waals surface area contributed by atoms with Gasteiger partial charge in [0.15, 0.2) is 0 Å². The molecule has 0 spiro atoms. The van der Waals surface area contributed by atoms with Crippen LogP contribution in [0, 0.1) is 6.20 Å². The lowest BCUT2D eigenvalue weighted by Crippen LogP contribution is -2.15. The second-order valence-corrected chi connectivity index (χ2v) is 0.730. The summed E-state index contributed by atoms with van der Waals surface area (Å²) in [5, 5.41) is 3.32. The topological polar surface area (TPSA) is 38.5 Å². The summed E-state index contributed by atoms with van der Waals surface area (Å²) in [6.07, 6.45) is 6.50. The predicted molar refractivity (Wildman–Crippen MR) is 20.5 cm³/mol. The van der Waals surface area contributed by atoms with E-state index in [-0.39, 0.29) is 0 Å². The maximum absolute atomic E-state index is 3.32. The van der Waals surface area contributed by atoms with E-state index in [9.17, 15) is 0 Å². The molecule has 0 saturated carbocycles. The Morgan fingerprint density at radius 3 is 2.83 bits per heavy atom. The van der Waals surface area contributed by atoms with Crippen LogP contribution in [-0.2, 0) is 0 Å². The Labute approximate surface area is 35.7 Å². The van der Waals surface area contributed by atoms with E-state index in [4.69, 9.17) is 0 Å². The molecule has 0 bridgehead atoms. The molecule has 6 heavy (non-hydrogen) atoms. The second-order valence-electron chi connectivity index (χ2n) is 0.730. The Balaban J connectivity index is 2.46. The van der Waals surface area contributed by atoms with Gasteiger partial charge in [-0.15, -0.1) is 5.10 Å². The molecule has 1 aliphatic rings. The molecule has 1 N–H and O–H groups in total. The van der Waals surface area contributed by atoms with Crippen LogP contribution in [0.1, 0.15) is 0 Å². The summed E-state index contributed by atoms with van der Waals surface area (Å²) in [6, 6.07) is 0. The highest BCUT2D eigenvalue weighted by molar-refractivity contribution is 5.70. The molecule has 0 amide bonds. The number of hydrogen-bond acceptors (Lipinski definition) is 2. The third kappa shape index (κ3) is 0.484. The zero-order chi connectivity index (χ0) is 4.24. The number of nitrogens with one attached hydrogen (secondary N) is 1. The van der Waals surface area contributed by atoms with Crippen molar-refractivity contribution in [2.24, 2.45) is 5.10 Å². The maximum Gasteiger partial charge on any atom is 0.117 e. The lowest BCUT2D eigenvalue weighted by Gasteiger charge is -1.90. The summed E-state index contributed by atoms with van der Waals surface area (Å²) in [5.41, 5.74) is 5.67. The minimum atomic E-state index is 1.52. The van der Waals surface area contributed by atoms with Crippen molar-refractivity contribution in [3.05, 3.63) is 12.3 Å². The first-order valence-corrected chi connectivity index (χ1v) is 1.47. The molecule has 0 aliphatic carbocycles. The number of allylic oxidation sites excluding steroid dienone is 1. The van der Waals surface area contributed by atoms with E-state index < -0.39 is 0 Å². The Morgan fingerprint density at radius 2 is 2.67 bits per heavy atom. The molecular formula is C3H2N3. The van der Waals surface area contributed by atoms with Gasteiger partial charge in [-0.25, -0.2) is 0 Å². The van der Waals surface area contributed by atoms with Gasteiger partial charge in [0.05, 0.1) is 6.20 Å². The van der Waals surface area contributed by atoms with Crippen molar-refractivity contribution in [1.82, 2.24) is 11.0 Å². The van der Waals surface area contributed by atoms with Gasteiger partial charge in [-0.3, -0.25) is 5.43 Å². The number of nitrogens with zero attached hydrogens (tertiary/aromatic N) is 2. The van der Waals surface area contributed by atoms with Gasteiger partial charge >= 0.3 is 0 Å². The molecular weight excluding hydrogens is 78.1 g/mol. The quantitative estimate of drug-likeness (QED) is 0.410. The van der Waals surface area contributed by atoms with E-state index in [1.807, 2.05) is 0 Å². The third-order valence-electron chi connectivity index (χ3n) is 0.359. The van der Waals surface area contributed by atoms with Gasteiger partial charge in [-0.2, -0.15) is 0 Å². The SMILES string of the molecule is [C]1=C[C]=N[N]N1. The lowest BCUT2D eigenvalue weighted by atomic mass is 10.7. The summed E-state index contributed by atoms with van der Waals surface area (Å²) in [4.78, 5) is 0. The van der Waals surface area contributed by atoms with Gasteiger partial charge in [-0.1, -0.05) is 5.53 Å². The molecule has 0 saturated heterocycles. The Kier molecular flexibility index (Phi) is 0.774. The molecule has 0 aromatic carbocycles. The van der Waals surface area contributed by atoms with Crippen LogP contribution in [0.4, 0.5) is 0 Å². The van der Waals surface area contributed by atoms with Crippen LogP contribution in [0.2, 0.25) is 0 Å². The van der Waals surface area contributed by atoms with Crippen molar-refractivity contribution >= 4 is 6.21 Å². The fraction of sp³-hybridized carbons (Fsp3) is 0. The first-order valence-electron chi connectivity index (χ1n) is 1.47. The van der Waals surface area contributed by atoms with E-state index in [2.05, 4.69) is 28.5 Å². The summed E-state index contributed by atoms with van der Waals surface area (Å²) in [6.45, 7) is 0. The average Bonchev–Trinajstić information content (AvgIpc) is 1.72. The summed E-state index contributed by atoms with van der Waals surface area (Å²) < 4.78 is 0. The van der Waals surface area contributed by atoms with Gasteiger partial charge in [0.25, 0.3) is 0 Å². The summed E-state index contributed by atoms with van der Waals surface area (Å²) >= 11 is 0. The van der Waals surface area contributed by atoms with Crippen LogP contribution in [0.5, 0.6) is 0 Å². The normalized spacial score (nSPS) is 16.0. The van der Waals surface area contributed by atoms with E-state index in [1.54, 1.807) is 0 Å². The molecule has 0 aromatic rings. The average molecular weight is 80.1 g/mol. The minimum Gasteiger partial charge on any atom is -0.258 e. The van der Waals surface area contributed by atoms with Gasteiger partial charge in [-0.05, 0) is 6.08 Å². The molecule has 3 radical (unpaired) electrons. The smallest absolute Gasteiger partial charge is 0.117 e. The van der Waals surface area contributed by atoms with Crippen LogP contribution in [-0.4, -0.2) is 6.21 Å². The van der Waals surface area contributed by atoms with E-state index >= 15 is 0 Å². The summed E-state index contributed by atoms with van der Waals surface area (Å²) in [7, 11) is 0. The summed E-state index contributed by atoms with van der Waals surface area (Å²) in [5.74, 6) is 0. The molecule has 1 heterocycles. The van der Waals surface area contributed by atoms with Crippen molar-refractivity contribution in [2.45, 2.75) is 0 Å². The molecule has 0 aromatic heterocycles. The predicted octanol–water partition coefficient (Wildman–Crippen LogP) is -0.711. The van der Waals surface area contributed by atoms with Crippen molar-refractivity contribution in [2.75, 3.05) is 0 Å². The van der Waals surface area contributed by atoms with Crippen molar-refractivity contribution < 1.29 is 0 Å². The van der Waals surface area contributed by atoms with E-state index in [0.29, 0.717) is 0 Å². The van der Waals surface area contributed by atoms with Crippen LogP contribution >= 0.6 is 0 Å². The Bertz CT molecular complexity index is 72.0. The highest BCUT2D eigenvalue weighted by atomic mass is 15.5. The molecule has 1 rings (SSSR count). The number of hydrogen-bond donors (Lipinski definition) is 1. The molecule has 3 nitrogen and oxygen atoms in total. The van der Waals surface area contributed by atoms with E-state index in [0.717, 1.165) is 0 Å². The van der Waals surface area contributed by atoms with Crippen molar-refractivity contribution in [3.8, 4) is 0 Å². The fourth-order valence-corrected chi connectivity index (χ4v) is 0.176. The van der Waals surface area contributed by atoms with Crippen LogP contribution in [0.3, 0.4) is 0 Å². The molecule has 1 aliphatic heterocycles. The number of rotatable bonds is 0. The minimum absolute atomic E-state index is 1.52. The standard InChI is InChI=1S/C3H2N3/c1-2-4-6-5-3-1/h1,4H. The monoisotopic (exact) mass is 80.0 g/mol. The fourth-order valence-electron chi connectivity index (χ4n) is 0.176. The highest BCUT2D eigenvalue weighted by Crippen LogP contribution is 1.66. The largest absolute Gasteiger partial charge is 0.258 e. The van der Waals surface area contributed by atoms with Crippen LogP contribution in [0.15, 0.2) is 11.2 Å². The van der Waals surface area contributed by atoms with Crippen LogP contribution in [0.25, 0.3) is 0 Å². The van der Waals surface area contributed by atoms with Gasteiger partial charge in [0.1, 0.15) is 6.21 Å². The highest BCUT2D eigenvalue weighted by Gasteiger charge is 1.77. The van der Waals surface area contributed by atoms with Crippen molar-refractivity contribution in [3.63, 3.8) is 0 Å². The van der Waals surface area contributed by atoms with Gasteiger partial charge in [0, 0.05) is 0 Å². The van der Waals surface area contributed by atoms with Gasteiger partial charge < -0.3 is 0 Å². The Hall–Kier alpha value is -0.990. The zero-order valence-corrected chi connectivity index (χ0v) is 2.97. The first kappa shape index (κ1) is 3.21. The molecule has 29 valence electrons. The molecule has 0 unspecified atom stereocenters. The first-order chi connectivity index (χ1) is 3.00. The Morgan fingerprint density at radius 1 is 1.67 bits per heavy atom.